The minimum absolute atomic E-state index is 0.418. The van der Waals surface area contributed by atoms with Crippen LogP contribution in [0.2, 0.25) is 0 Å². The van der Waals surface area contributed by atoms with Gasteiger partial charge in [-0.2, -0.15) is 0 Å². The number of nitrogens with zero attached hydrogens (tertiary/aromatic N) is 2. The molecule has 1 aliphatic heterocycles. The van der Waals surface area contributed by atoms with E-state index in [2.05, 4.69) is 14.8 Å². The average Bonchev–Trinajstić information content (AvgIpc) is 2.71. The predicted octanol–water partition coefficient (Wildman–Crippen LogP) is 1.59. The monoisotopic (exact) mass is 315 g/mol. The summed E-state index contributed by atoms with van der Waals surface area (Å²) < 4.78 is 30.1. The zero-order valence-corrected chi connectivity index (χ0v) is 13.9. The van der Waals surface area contributed by atoms with Gasteiger partial charge in [0.25, 0.3) is 0 Å². The molecule has 21 heavy (non-hydrogen) atoms. The lowest BCUT2D eigenvalue weighted by molar-refractivity contribution is 0.132. The fourth-order valence-corrected chi connectivity index (χ4v) is 3.43. The summed E-state index contributed by atoms with van der Waals surface area (Å²) in [6.45, 7) is 6.30. The van der Waals surface area contributed by atoms with Crippen LogP contribution in [-0.2, 0) is 16.6 Å². The molecular formula is C14H25N3O3S. The number of rotatable bonds is 6. The zero-order valence-electron chi connectivity index (χ0n) is 13.1. The van der Waals surface area contributed by atoms with Crippen LogP contribution in [0.5, 0.6) is 0 Å². The average molecular weight is 315 g/mol. The second-order valence-electron chi connectivity index (χ2n) is 5.88. The van der Waals surface area contributed by atoms with Crippen LogP contribution in [0.15, 0.2) is 4.52 Å². The molecule has 0 bridgehead atoms. The maximum absolute atomic E-state index is 11.2. The molecule has 0 amide bonds. The largest absolute Gasteiger partial charge is 0.361 e. The van der Waals surface area contributed by atoms with Gasteiger partial charge in [-0.1, -0.05) is 11.6 Å². The van der Waals surface area contributed by atoms with E-state index in [0.717, 1.165) is 42.9 Å². The van der Waals surface area contributed by atoms with Crippen molar-refractivity contribution in [3.05, 3.63) is 17.0 Å². The minimum Gasteiger partial charge on any atom is -0.361 e. The summed E-state index contributed by atoms with van der Waals surface area (Å²) in [4.78, 5) is 2.43. The van der Waals surface area contributed by atoms with E-state index in [-0.39, 0.29) is 0 Å². The number of sulfonamides is 1. The van der Waals surface area contributed by atoms with Crippen LogP contribution in [0, 0.1) is 13.8 Å². The lowest BCUT2D eigenvalue weighted by Crippen LogP contribution is -2.41. The van der Waals surface area contributed by atoms with Crippen LogP contribution >= 0.6 is 0 Å². The first-order valence-electron chi connectivity index (χ1n) is 7.47. The summed E-state index contributed by atoms with van der Waals surface area (Å²) >= 11 is 0. The summed E-state index contributed by atoms with van der Waals surface area (Å²) in [5, 5.41) is 4.01. The summed E-state index contributed by atoms with van der Waals surface area (Å²) in [5.41, 5.74) is 2.11. The van der Waals surface area contributed by atoms with Crippen molar-refractivity contribution in [1.29, 1.82) is 0 Å². The van der Waals surface area contributed by atoms with Crippen LogP contribution in [0.1, 0.15) is 42.7 Å². The van der Waals surface area contributed by atoms with Gasteiger partial charge in [-0.3, -0.25) is 4.90 Å². The van der Waals surface area contributed by atoms with Crippen molar-refractivity contribution in [2.24, 2.45) is 0 Å². The van der Waals surface area contributed by atoms with Gasteiger partial charge in [0, 0.05) is 24.7 Å². The number of likely N-dealkylation sites (tertiary alicyclic amines) is 1. The summed E-state index contributed by atoms with van der Waals surface area (Å²) in [6.07, 6.45) is 5.57. The number of hydrogen-bond acceptors (Lipinski definition) is 5. The molecular weight excluding hydrogens is 290 g/mol. The van der Waals surface area contributed by atoms with E-state index in [0.29, 0.717) is 12.6 Å². The van der Waals surface area contributed by atoms with E-state index in [9.17, 15) is 8.42 Å². The van der Waals surface area contributed by atoms with Crippen molar-refractivity contribution in [3.8, 4) is 0 Å². The normalized spacial score (nSPS) is 20.8. The van der Waals surface area contributed by atoms with Crippen LogP contribution in [0.4, 0.5) is 0 Å². The molecule has 1 aliphatic rings. The van der Waals surface area contributed by atoms with Crippen molar-refractivity contribution in [2.45, 2.75) is 52.1 Å². The molecule has 2 rings (SSSR count). The smallest absolute Gasteiger partial charge is 0.208 e. The highest BCUT2D eigenvalue weighted by atomic mass is 32.2. The van der Waals surface area contributed by atoms with E-state index < -0.39 is 10.0 Å². The SMILES string of the molecule is Cc1noc(C)c1CN1CCCCC1CCNS(C)(=O)=O. The quantitative estimate of drug-likeness (QED) is 0.862. The van der Waals surface area contributed by atoms with Gasteiger partial charge in [0.1, 0.15) is 5.76 Å². The van der Waals surface area contributed by atoms with Crippen LogP contribution in [0.3, 0.4) is 0 Å². The van der Waals surface area contributed by atoms with Gasteiger partial charge < -0.3 is 4.52 Å². The Hall–Kier alpha value is -0.920. The minimum atomic E-state index is -3.10. The molecule has 0 spiro atoms. The van der Waals surface area contributed by atoms with E-state index in [1.165, 1.54) is 19.1 Å². The van der Waals surface area contributed by atoms with Crippen molar-refractivity contribution in [1.82, 2.24) is 14.8 Å². The van der Waals surface area contributed by atoms with Gasteiger partial charge in [-0.25, -0.2) is 13.1 Å². The first-order chi connectivity index (χ1) is 9.87. The van der Waals surface area contributed by atoms with Gasteiger partial charge in [-0.05, 0) is 39.7 Å². The van der Waals surface area contributed by atoms with Gasteiger partial charge in [0.05, 0.1) is 11.9 Å². The third-order valence-corrected chi connectivity index (χ3v) is 4.86. The van der Waals surface area contributed by atoms with E-state index >= 15 is 0 Å². The molecule has 1 atom stereocenters. The van der Waals surface area contributed by atoms with Crippen molar-refractivity contribution in [2.75, 3.05) is 19.3 Å². The molecule has 1 aromatic rings. The zero-order chi connectivity index (χ0) is 15.5. The molecule has 0 aromatic carbocycles. The number of aromatic nitrogens is 1. The Kier molecular flexibility index (Phi) is 5.40. The van der Waals surface area contributed by atoms with Crippen molar-refractivity contribution >= 4 is 10.0 Å². The second kappa shape index (κ2) is 6.89. The van der Waals surface area contributed by atoms with Gasteiger partial charge in [-0.15, -0.1) is 0 Å². The van der Waals surface area contributed by atoms with E-state index in [1.807, 2.05) is 13.8 Å². The van der Waals surface area contributed by atoms with Crippen LogP contribution < -0.4 is 4.72 Å². The first-order valence-corrected chi connectivity index (χ1v) is 9.36. The Balaban J connectivity index is 1.95. The summed E-state index contributed by atoms with van der Waals surface area (Å²) in [6, 6.07) is 0.418. The predicted molar refractivity (Wildman–Crippen MR) is 81.5 cm³/mol. The Morgan fingerprint density at radius 2 is 2.14 bits per heavy atom. The highest BCUT2D eigenvalue weighted by Gasteiger charge is 2.24. The maximum Gasteiger partial charge on any atom is 0.208 e. The number of hydrogen-bond donors (Lipinski definition) is 1. The van der Waals surface area contributed by atoms with Gasteiger partial charge >= 0.3 is 0 Å². The van der Waals surface area contributed by atoms with E-state index in [1.54, 1.807) is 0 Å². The first kappa shape index (κ1) is 16.5. The number of aryl methyl sites for hydroxylation is 2. The topological polar surface area (TPSA) is 75.4 Å². The van der Waals surface area contributed by atoms with E-state index in [4.69, 9.17) is 4.52 Å². The Morgan fingerprint density at radius 1 is 1.38 bits per heavy atom. The summed E-state index contributed by atoms with van der Waals surface area (Å²) in [7, 11) is -3.10. The molecule has 6 nitrogen and oxygen atoms in total. The molecule has 1 fully saturated rings. The Morgan fingerprint density at radius 3 is 2.76 bits per heavy atom. The Bertz CT molecular complexity index is 549. The molecule has 1 saturated heterocycles. The Labute approximate surface area is 126 Å². The lowest BCUT2D eigenvalue weighted by atomic mass is 9.98. The van der Waals surface area contributed by atoms with Crippen LogP contribution in [-0.4, -0.2) is 43.9 Å². The second-order valence-corrected chi connectivity index (χ2v) is 7.71. The molecule has 1 unspecified atom stereocenters. The fraction of sp³-hybridized carbons (Fsp3) is 0.786. The van der Waals surface area contributed by atoms with Gasteiger partial charge in [0.15, 0.2) is 0 Å². The molecule has 1 aromatic heterocycles. The number of piperidine rings is 1. The van der Waals surface area contributed by atoms with Crippen molar-refractivity contribution < 1.29 is 12.9 Å². The van der Waals surface area contributed by atoms with Crippen molar-refractivity contribution in [3.63, 3.8) is 0 Å². The van der Waals surface area contributed by atoms with Crippen LogP contribution in [0.25, 0.3) is 0 Å². The molecule has 1 N–H and O–H groups in total. The molecule has 0 aliphatic carbocycles. The highest BCUT2D eigenvalue weighted by molar-refractivity contribution is 7.88. The maximum atomic E-state index is 11.2. The molecule has 0 saturated carbocycles. The third-order valence-electron chi connectivity index (χ3n) is 4.13. The standard InChI is InChI=1S/C14H25N3O3S/c1-11-14(12(2)20-16-11)10-17-9-5-4-6-13(17)7-8-15-21(3,18)19/h13,15H,4-10H2,1-3H3. The molecule has 120 valence electrons. The molecule has 0 radical (unpaired) electrons. The highest BCUT2D eigenvalue weighted by Crippen LogP contribution is 2.24. The lowest BCUT2D eigenvalue weighted by Gasteiger charge is -2.35. The third kappa shape index (κ3) is 4.79. The van der Waals surface area contributed by atoms with Gasteiger partial charge in [0.2, 0.25) is 10.0 Å². The molecule has 7 heteroatoms. The fourth-order valence-electron chi connectivity index (χ4n) is 2.94. The molecule has 2 heterocycles. The summed E-state index contributed by atoms with van der Waals surface area (Å²) in [5.74, 6) is 0.881. The number of nitrogens with one attached hydrogen (secondary N) is 1.